The van der Waals surface area contributed by atoms with Gasteiger partial charge in [0.2, 0.25) is 0 Å². The van der Waals surface area contributed by atoms with E-state index in [4.69, 9.17) is 26.1 Å². The molecule has 1 aliphatic rings. The molecule has 0 aliphatic carbocycles. The van der Waals surface area contributed by atoms with Crippen molar-refractivity contribution in [3.05, 3.63) is 125 Å². The van der Waals surface area contributed by atoms with Crippen molar-refractivity contribution < 1.29 is 14.3 Å². The van der Waals surface area contributed by atoms with Crippen molar-refractivity contribution >= 4 is 45.8 Å². The van der Waals surface area contributed by atoms with Gasteiger partial charge in [-0.15, -0.1) is 0 Å². The summed E-state index contributed by atoms with van der Waals surface area (Å²) in [5.41, 5.74) is 5.12. The largest absolute Gasteiger partial charge is 0.496 e. The third kappa shape index (κ3) is 4.90. The van der Waals surface area contributed by atoms with Crippen molar-refractivity contribution in [1.82, 2.24) is 9.13 Å². The summed E-state index contributed by atoms with van der Waals surface area (Å²) in [6.07, 6.45) is 1.90. The number of hydrogen-bond acceptors (Lipinski definition) is 6. The molecule has 9 heteroatoms. The third-order valence-electron chi connectivity index (χ3n) is 7.76. The summed E-state index contributed by atoms with van der Waals surface area (Å²) in [6.45, 7) is 7.78. The van der Waals surface area contributed by atoms with Gasteiger partial charge in [0, 0.05) is 27.7 Å². The van der Waals surface area contributed by atoms with Crippen molar-refractivity contribution in [3.63, 3.8) is 0 Å². The number of fused-ring (bicyclic) bond motifs is 2. The second kappa shape index (κ2) is 11.4. The lowest BCUT2D eigenvalue weighted by Gasteiger charge is -2.27. The first-order valence-corrected chi connectivity index (χ1v) is 15.1. The molecule has 7 nitrogen and oxygen atoms in total. The number of benzene rings is 3. The van der Waals surface area contributed by atoms with Gasteiger partial charge in [-0.3, -0.25) is 9.36 Å². The minimum Gasteiger partial charge on any atom is -0.496 e. The van der Waals surface area contributed by atoms with E-state index in [0.717, 1.165) is 33.4 Å². The van der Waals surface area contributed by atoms with Crippen LogP contribution in [0.4, 0.5) is 0 Å². The molecule has 6 rings (SSSR count). The number of methoxy groups -OCH3 is 1. The van der Waals surface area contributed by atoms with E-state index in [9.17, 15) is 9.59 Å². The topological polar surface area (TPSA) is 74.8 Å². The minimum absolute atomic E-state index is 0.196. The Hall–Kier alpha value is -4.40. The first kappa shape index (κ1) is 28.7. The summed E-state index contributed by atoms with van der Waals surface area (Å²) in [5, 5.41) is 2.49. The van der Waals surface area contributed by atoms with Gasteiger partial charge in [0.25, 0.3) is 5.56 Å². The number of aryl methyl sites for hydroxylation is 1. The zero-order chi connectivity index (χ0) is 30.4. The molecule has 0 radical (unpaired) electrons. The lowest BCUT2D eigenvalue weighted by molar-refractivity contribution is -0.139. The van der Waals surface area contributed by atoms with E-state index in [2.05, 4.69) is 10.6 Å². The Bertz CT molecular complexity index is 2140. The SMILES string of the molecule is CCOC(=O)C1=C(C)N=c2s/c(=C/c3cc(C)n(-c4cccc(Cl)c4)c3C)c(=O)n2[C@H]1c1c(OC)ccc2ccccc12. The summed E-state index contributed by atoms with van der Waals surface area (Å²) in [5.74, 6) is 0.0583. The van der Waals surface area contributed by atoms with E-state index in [-0.39, 0.29) is 12.2 Å². The van der Waals surface area contributed by atoms with Crippen LogP contribution in [0.1, 0.15) is 42.4 Å². The monoisotopic (exact) mass is 611 g/mol. The number of rotatable bonds is 6. The molecular formula is C34H30ClN3O4S. The number of hydrogen-bond donors (Lipinski definition) is 0. The first-order valence-electron chi connectivity index (χ1n) is 13.9. The third-order valence-corrected chi connectivity index (χ3v) is 8.98. The number of aromatic nitrogens is 2. The second-order valence-corrected chi connectivity index (χ2v) is 11.8. The first-order chi connectivity index (χ1) is 20.7. The Morgan fingerprint density at radius 2 is 1.86 bits per heavy atom. The predicted octanol–water partition coefficient (Wildman–Crippen LogP) is 6.02. The molecule has 218 valence electrons. The molecule has 1 aliphatic heterocycles. The Morgan fingerprint density at radius 1 is 1.07 bits per heavy atom. The summed E-state index contributed by atoms with van der Waals surface area (Å²) in [4.78, 5) is 33.1. The fourth-order valence-electron chi connectivity index (χ4n) is 5.89. The highest BCUT2D eigenvalue weighted by atomic mass is 35.5. The lowest BCUT2D eigenvalue weighted by atomic mass is 9.90. The molecule has 0 saturated heterocycles. The van der Waals surface area contributed by atoms with Gasteiger partial charge in [-0.05, 0) is 80.4 Å². The predicted molar refractivity (Wildman–Crippen MR) is 171 cm³/mol. The maximum atomic E-state index is 14.3. The maximum Gasteiger partial charge on any atom is 0.338 e. The fraction of sp³-hybridized carbons (Fsp3) is 0.206. The zero-order valence-corrected chi connectivity index (χ0v) is 26.0. The summed E-state index contributed by atoms with van der Waals surface area (Å²) in [6, 6.07) is 20.6. The fourth-order valence-corrected chi connectivity index (χ4v) is 7.11. The highest BCUT2D eigenvalue weighted by molar-refractivity contribution is 7.07. The van der Waals surface area contributed by atoms with Crippen LogP contribution < -0.4 is 19.6 Å². The van der Waals surface area contributed by atoms with E-state index in [1.165, 1.54) is 11.3 Å². The van der Waals surface area contributed by atoms with Gasteiger partial charge in [-0.25, -0.2) is 9.79 Å². The highest BCUT2D eigenvalue weighted by Gasteiger charge is 2.36. The van der Waals surface area contributed by atoms with Crippen LogP contribution in [0.15, 0.2) is 87.8 Å². The van der Waals surface area contributed by atoms with Crippen LogP contribution in [0.5, 0.6) is 5.75 Å². The van der Waals surface area contributed by atoms with Crippen LogP contribution in [0, 0.1) is 13.8 Å². The standard InChI is InChI=1S/C34H30ClN3O4S/c1-6-42-33(40)29-20(3)36-34-38(31(29)30-26-13-8-7-10-22(26)14-15-27(30)41-5)32(39)28(43-34)17-23-16-19(2)37(21(23)4)25-12-9-11-24(35)18-25/h7-18,31H,6H2,1-5H3/b28-17+/t31-/m1/s1. The number of esters is 1. The van der Waals surface area contributed by atoms with Crippen LogP contribution in [0.2, 0.25) is 5.02 Å². The number of carbonyl (C=O) groups excluding carboxylic acids is 1. The quantitative estimate of drug-likeness (QED) is 0.220. The maximum absolute atomic E-state index is 14.3. The van der Waals surface area contributed by atoms with E-state index in [1.54, 1.807) is 25.5 Å². The average Bonchev–Trinajstić information content (AvgIpc) is 3.45. The number of carbonyl (C=O) groups is 1. The van der Waals surface area contributed by atoms with E-state index in [1.807, 2.05) is 80.6 Å². The van der Waals surface area contributed by atoms with Crippen LogP contribution >= 0.6 is 22.9 Å². The van der Waals surface area contributed by atoms with Crippen LogP contribution in [0.25, 0.3) is 22.5 Å². The summed E-state index contributed by atoms with van der Waals surface area (Å²) >= 11 is 7.58. The molecular weight excluding hydrogens is 582 g/mol. The highest BCUT2D eigenvalue weighted by Crippen LogP contribution is 2.40. The van der Waals surface area contributed by atoms with Gasteiger partial charge in [-0.2, -0.15) is 0 Å². The molecule has 0 saturated carbocycles. The van der Waals surface area contributed by atoms with Crippen LogP contribution in [-0.2, 0) is 9.53 Å². The number of halogens is 1. The van der Waals surface area contributed by atoms with E-state index >= 15 is 0 Å². The average molecular weight is 612 g/mol. The molecule has 3 aromatic carbocycles. The van der Waals surface area contributed by atoms with Crippen molar-refractivity contribution in [3.8, 4) is 11.4 Å². The van der Waals surface area contributed by atoms with E-state index in [0.29, 0.717) is 36.9 Å². The molecule has 3 heterocycles. The van der Waals surface area contributed by atoms with Gasteiger partial charge < -0.3 is 14.0 Å². The Labute approximate surface area is 257 Å². The Morgan fingerprint density at radius 3 is 2.60 bits per heavy atom. The Balaban J connectivity index is 1.61. The number of nitrogens with zero attached hydrogens (tertiary/aromatic N) is 3. The molecule has 1 atom stereocenters. The normalized spacial score (nSPS) is 15.0. The molecule has 0 fully saturated rings. The van der Waals surface area contributed by atoms with Crippen molar-refractivity contribution in [2.24, 2.45) is 4.99 Å². The zero-order valence-electron chi connectivity index (χ0n) is 24.5. The molecule has 0 spiro atoms. The lowest BCUT2D eigenvalue weighted by Crippen LogP contribution is -2.40. The molecule has 0 amide bonds. The van der Waals surface area contributed by atoms with E-state index < -0.39 is 12.0 Å². The molecule has 0 unspecified atom stereocenters. The summed E-state index contributed by atoms with van der Waals surface area (Å²) in [7, 11) is 1.59. The minimum atomic E-state index is -0.794. The Kier molecular flexibility index (Phi) is 7.58. The number of ether oxygens (including phenoxy) is 2. The van der Waals surface area contributed by atoms with Crippen molar-refractivity contribution in [1.29, 1.82) is 0 Å². The molecule has 2 aromatic heterocycles. The number of thiazole rings is 1. The molecule has 43 heavy (non-hydrogen) atoms. The van der Waals surface area contributed by atoms with Crippen molar-refractivity contribution in [2.75, 3.05) is 13.7 Å². The van der Waals surface area contributed by atoms with Crippen LogP contribution in [0.3, 0.4) is 0 Å². The van der Waals surface area contributed by atoms with Gasteiger partial charge in [0.15, 0.2) is 4.80 Å². The second-order valence-electron chi connectivity index (χ2n) is 10.3. The van der Waals surface area contributed by atoms with Gasteiger partial charge in [0.05, 0.1) is 29.5 Å². The molecule has 0 N–H and O–H groups in total. The summed E-state index contributed by atoms with van der Waals surface area (Å²) < 4.78 is 15.6. The molecule has 5 aromatic rings. The van der Waals surface area contributed by atoms with Crippen molar-refractivity contribution in [2.45, 2.75) is 33.7 Å². The van der Waals surface area contributed by atoms with Gasteiger partial charge >= 0.3 is 5.97 Å². The smallest absolute Gasteiger partial charge is 0.338 e. The van der Waals surface area contributed by atoms with Gasteiger partial charge in [-0.1, -0.05) is 59.3 Å². The molecule has 0 bridgehead atoms. The number of allylic oxidation sites excluding steroid dienone is 1. The van der Waals surface area contributed by atoms with Crippen LogP contribution in [-0.4, -0.2) is 28.8 Å². The van der Waals surface area contributed by atoms with Gasteiger partial charge in [0.1, 0.15) is 11.8 Å².